The molecule has 104 valence electrons. The predicted molar refractivity (Wildman–Crippen MR) is 74.8 cm³/mol. The lowest BCUT2D eigenvalue weighted by atomic mass is 10.2. The monoisotopic (exact) mass is 337 g/mol. The molecular formula is C14H12BrNO4. The average Bonchev–Trinajstić information content (AvgIpc) is 3.05. The van der Waals surface area contributed by atoms with Crippen LogP contribution in [-0.4, -0.2) is 24.6 Å². The van der Waals surface area contributed by atoms with Crippen LogP contribution in [-0.2, 0) is 6.54 Å². The summed E-state index contributed by atoms with van der Waals surface area (Å²) in [6.07, 6.45) is 1.48. The molecule has 0 spiro atoms. The van der Waals surface area contributed by atoms with Gasteiger partial charge in [0.05, 0.1) is 11.8 Å². The van der Waals surface area contributed by atoms with E-state index in [1.165, 1.54) is 6.26 Å². The smallest absolute Gasteiger partial charge is 0.258 e. The van der Waals surface area contributed by atoms with Gasteiger partial charge < -0.3 is 18.8 Å². The second-order valence-corrected chi connectivity index (χ2v) is 5.18. The van der Waals surface area contributed by atoms with E-state index in [0.717, 1.165) is 11.3 Å². The van der Waals surface area contributed by atoms with Gasteiger partial charge >= 0.3 is 0 Å². The number of carbonyl (C=O) groups excluding carboxylic acids is 1. The van der Waals surface area contributed by atoms with Gasteiger partial charge in [-0.3, -0.25) is 4.79 Å². The fraction of sp³-hybridized carbons (Fsp3) is 0.214. The topological polar surface area (TPSA) is 51.9 Å². The summed E-state index contributed by atoms with van der Waals surface area (Å²) in [5.74, 6) is 1.34. The van der Waals surface area contributed by atoms with Crippen LogP contribution < -0.4 is 9.47 Å². The molecule has 3 rings (SSSR count). The Balaban J connectivity index is 1.74. The molecule has 5 nitrogen and oxygen atoms in total. The van der Waals surface area contributed by atoms with E-state index in [1.54, 1.807) is 18.0 Å². The van der Waals surface area contributed by atoms with Gasteiger partial charge in [-0.05, 0) is 39.7 Å². The summed E-state index contributed by atoms with van der Waals surface area (Å²) in [6.45, 7) is 0.725. The Kier molecular flexibility index (Phi) is 3.40. The molecule has 2 aromatic rings. The van der Waals surface area contributed by atoms with Crippen LogP contribution in [0.3, 0.4) is 0 Å². The summed E-state index contributed by atoms with van der Waals surface area (Å²) < 4.78 is 16.1. The Morgan fingerprint density at radius 2 is 2.10 bits per heavy atom. The normalized spacial score (nSPS) is 12.5. The van der Waals surface area contributed by atoms with Crippen molar-refractivity contribution in [3.63, 3.8) is 0 Å². The third-order valence-electron chi connectivity index (χ3n) is 3.05. The first-order chi connectivity index (χ1) is 9.65. The number of carbonyl (C=O) groups is 1. The fourth-order valence-electron chi connectivity index (χ4n) is 2.04. The van der Waals surface area contributed by atoms with Crippen molar-refractivity contribution in [3.8, 4) is 11.5 Å². The number of rotatable bonds is 3. The zero-order valence-corrected chi connectivity index (χ0v) is 12.3. The third kappa shape index (κ3) is 2.38. The van der Waals surface area contributed by atoms with Crippen LogP contribution in [0.25, 0.3) is 0 Å². The SMILES string of the molecule is CN(Cc1ccc2c(c1)OCO2)C(=O)c1ccoc1Br. The zero-order valence-electron chi connectivity index (χ0n) is 10.8. The molecule has 0 N–H and O–H groups in total. The molecule has 0 atom stereocenters. The summed E-state index contributed by atoms with van der Waals surface area (Å²) in [7, 11) is 1.74. The summed E-state index contributed by atoms with van der Waals surface area (Å²) >= 11 is 3.21. The van der Waals surface area contributed by atoms with Gasteiger partial charge in [0.15, 0.2) is 16.2 Å². The number of amides is 1. The number of hydrogen-bond donors (Lipinski definition) is 0. The van der Waals surface area contributed by atoms with Gasteiger partial charge in [-0.15, -0.1) is 0 Å². The van der Waals surface area contributed by atoms with E-state index >= 15 is 0 Å². The van der Waals surface area contributed by atoms with E-state index in [9.17, 15) is 4.79 Å². The molecule has 1 aliphatic heterocycles. The molecule has 0 radical (unpaired) electrons. The van der Waals surface area contributed by atoms with Crippen molar-refractivity contribution >= 4 is 21.8 Å². The van der Waals surface area contributed by atoms with E-state index in [4.69, 9.17) is 13.9 Å². The molecule has 0 aliphatic carbocycles. The van der Waals surface area contributed by atoms with Crippen LogP contribution in [0.1, 0.15) is 15.9 Å². The first-order valence-electron chi connectivity index (χ1n) is 6.02. The Bertz CT molecular complexity index is 652. The summed E-state index contributed by atoms with van der Waals surface area (Å²) in [6, 6.07) is 7.30. The minimum atomic E-state index is -0.108. The van der Waals surface area contributed by atoms with Gasteiger partial charge in [0, 0.05) is 13.6 Å². The molecule has 1 aromatic heterocycles. The van der Waals surface area contributed by atoms with Crippen molar-refractivity contribution in [1.82, 2.24) is 4.90 Å². The summed E-state index contributed by atoms with van der Waals surface area (Å²) in [4.78, 5) is 13.9. The van der Waals surface area contributed by atoms with Crippen molar-refractivity contribution in [3.05, 3.63) is 46.3 Å². The summed E-state index contributed by atoms with van der Waals surface area (Å²) in [5.41, 5.74) is 1.48. The van der Waals surface area contributed by atoms with Gasteiger partial charge in [-0.25, -0.2) is 0 Å². The van der Waals surface area contributed by atoms with Crippen molar-refractivity contribution in [2.45, 2.75) is 6.54 Å². The molecule has 0 unspecified atom stereocenters. The molecular weight excluding hydrogens is 326 g/mol. The Morgan fingerprint density at radius 3 is 2.85 bits per heavy atom. The maximum absolute atomic E-state index is 12.2. The Labute approximate surface area is 124 Å². The standard InChI is InChI=1S/C14H12BrNO4/c1-16(14(17)10-4-5-18-13(10)15)7-9-2-3-11-12(6-9)20-8-19-11/h2-6H,7-8H2,1H3. The van der Waals surface area contributed by atoms with Crippen molar-refractivity contribution in [1.29, 1.82) is 0 Å². The molecule has 1 amide bonds. The molecule has 6 heteroatoms. The van der Waals surface area contributed by atoms with Crippen LogP contribution >= 0.6 is 15.9 Å². The zero-order chi connectivity index (χ0) is 14.1. The van der Waals surface area contributed by atoms with E-state index in [1.807, 2.05) is 18.2 Å². The highest BCUT2D eigenvalue weighted by Crippen LogP contribution is 2.32. The van der Waals surface area contributed by atoms with Gasteiger partial charge in [-0.2, -0.15) is 0 Å². The maximum atomic E-state index is 12.2. The molecule has 0 bridgehead atoms. The molecule has 0 fully saturated rings. The molecule has 0 saturated heterocycles. The lowest BCUT2D eigenvalue weighted by Gasteiger charge is -2.16. The average molecular weight is 338 g/mol. The molecule has 0 saturated carbocycles. The lowest BCUT2D eigenvalue weighted by Crippen LogP contribution is -2.26. The highest BCUT2D eigenvalue weighted by molar-refractivity contribution is 9.10. The van der Waals surface area contributed by atoms with Gasteiger partial charge in [-0.1, -0.05) is 6.07 Å². The van der Waals surface area contributed by atoms with Crippen LogP contribution in [0.5, 0.6) is 11.5 Å². The minimum absolute atomic E-state index is 0.108. The lowest BCUT2D eigenvalue weighted by molar-refractivity contribution is 0.0783. The number of ether oxygens (including phenoxy) is 2. The van der Waals surface area contributed by atoms with Crippen LogP contribution in [0.4, 0.5) is 0 Å². The number of furan rings is 1. The van der Waals surface area contributed by atoms with E-state index in [0.29, 0.717) is 22.5 Å². The largest absolute Gasteiger partial charge is 0.457 e. The minimum Gasteiger partial charge on any atom is -0.457 e. The van der Waals surface area contributed by atoms with Gasteiger partial charge in [0.1, 0.15) is 0 Å². The van der Waals surface area contributed by atoms with Crippen molar-refractivity contribution in [2.24, 2.45) is 0 Å². The second-order valence-electron chi connectivity index (χ2n) is 4.46. The number of fused-ring (bicyclic) bond motifs is 1. The third-order valence-corrected chi connectivity index (χ3v) is 3.67. The molecule has 1 aromatic carbocycles. The number of nitrogens with zero attached hydrogens (tertiary/aromatic N) is 1. The highest BCUT2D eigenvalue weighted by Gasteiger charge is 2.19. The number of halogens is 1. The molecule has 2 heterocycles. The first-order valence-corrected chi connectivity index (χ1v) is 6.81. The highest BCUT2D eigenvalue weighted by atomic mass is 79.9. The quantitative estimate of drug-likeness (QED) is 0.863. The molecule has 20 heavy (non-hydrogen) atoms. The fourth-order valence-corrected chi connectivity index (χ4v) is 2.45. The summed E-state index contributed by atoms with van der Waals surface area (Å²) in [5, 5.41) is 0. The van der Waals surface area contributed by atoms with Crippen LogP contribution in [0, 0.1) is 0 Å². The van der Waals surface area contributed by atoms with E-state index < -0.39 is 0 Å². The van der Waals surface area contributed by atoms with Gasteiger partial charge in [0.25, 0.3) is 5.91 Å². The maximum Gasteiger partial charge on any atom is 0.258 e. The predicted octanol–water partition coefficient (Wildman–Crippen LogP) is 3.04. The van der Waals surface area contributed by atoms with E-state index in [2.05, 4.69) is 15.9 Å². The van der Waals surface area contributed by atoms with Crippen molar-refractivity contribution < 1.29 is 18.7 Å². The number of hydrogen-bond acceptors (Lipinski definition) is 4. The van der Waals surface area contributed by atoms with Crippen molar-refractivity contribution in [2.75, 3.05) is 13.8 Å². The molecule has 1 aliphatic rings. The van der Waals surface area contributed by atoms with Crippen LogP contribution in [0.15, 0.2) is 39.6 Å². The second kappa shape index (κ2) is 5.20. The first kappa shape index (κ1) is 13.1. The van der Waals surface area contributed by atoms with E-state index in [-0.39, 0.29) is 12.7 Å². The Morgan fingerprint density at radius 1 is 1.30 bits per heavy atom. The van der Waals surface area contributed by atoms with Gasteiger partial charge in [0.2, 0.25) is 6.79 Å². The van der Waals surface area contributed by atoms with Crippen LogP contribution in [0.2, 0.25) is 0 Å². The Hall–Kier alpha value is -1.95. The number of benzene rings is 1.